The largest absolute Gasteiger partial charge is 0.493 e. The molecule has 1 aromatic heterocycles. The first-order valence-corrected chi connectivity index (χ1v) is 11.8. The number of methoxy groups -OCH3 is 1. The quantitative estimate of drug-likeness (QED) is 0.368. The van der Waals surface area contributed by atoms with E-state index in [2.05, 4.69) is 20.7 Å². The van der Waals surface area contributed by atoms with Crippen molar-refractivity contribution < 1.29 is 18.7 Å². The fraction of sp³-hybridized carbons (Fsp3) is 0.179. The lowest BCUT2D eigenvalue weighted by molar-refractivity contribution is -0.118. The fourth-order valence-corrected chi connectivity index (χ4v) is 4.31. The summed E-state index contributed by atoms with van der Waals surface area (Å²) in [4.78, 5) is 17.7. The summed E-state index contributed by atoms with van der Waals surface area (Å²) in [7, 11) is 1.53. The third kappa shape index (κ3) is 5.02. The zero-order chi connectivity index (χ0) is 25.8. The Labute approximate surface area is 213 Å². The third-order valence-corrected chi connectivity index (χ3v) is 6.18. The van der Waals surface area contributed by atoms with Crippen molar-refractivity contribution >= 4 is 11.9 Å². The van der Waals surface area contributed by atoms with Crippen LogP contribution in [0.5, 0.6) is 11.5 Å². The van der Waals surface area contributed by atoms with Gasteiger partial charge in [0.25, 0.3) is 5.91 Å². The van der Waals surface area contributed by atoms with E-state index in [1.165, 1.54) is 19.5 Å². The molecular formula is C28H26FN5O3. The van der Waals surface area contributed by atoms with Gasteiger partial charge in [-0.05, 0) is 36.2 Å². The van der Waals surface area contributed by atoms with Gasteiger partial charge in [-0.2, -0.15) is 10.1 Å². The van der Waals surface area contributed by atoms with Crippen LogP contribution in [0.15, 0.2) is 90.4 Å². The van der Waals surface area contributed by atoms with E-state index in [1.807, 2.05) is 43.3 Å². The number of benzene rings is 3. The van der Waals surface area contributed by atoms with Crippen LogP contribution in [-0.2, 0) is 17.9 Å². The minimum Gasteiger partial charge on any atom is -0.493 e. The van der Waals surface area contributed by atoms with E-state index in [0.29, 0.717) is 40.8 Å². The average molecular weight is 500 g/mol. The standard InChI is InChI=1S/C28H26FN5O3/c1-18-25(27(35)30-15-19-8-4-3-5-9-19)26(34-28(33-18)31-17-32-34)20-12-13-23(24(14-20)36-2)37-16-21-10-6-7-11-22(21)29/h3-14,17,26H,15-16H2,1-2H3,(H,30,35)(H,31,32,33)/t26-/m0/s1. The molecule has 0 saturated heterocycles. The van der Waals surface area contributed by atoms with E-state index in [-0.39, 0.29) is 18.3 Å². The predicted octanol–water partition coefficient (Wildman–Crippen LogP) is 4.61. The van der Waals surface area contributed by atoms with Gasteiger partial charge in [-0.15, -0.1) is 0 Å². The number of allylic oxidation sites excluding steroid dienone is 1. The van der Waals surface area contributed by atoms with E-state index in [4.69, 9.17) is 9.47 Å². The van der Waals surface area contributed by atoms with Crippen molar-refractivity contribution in [2.24, 2.45) is 0 Å². The number of hydrogen-bond acceptors (Lipinski definition) is 6. The van der Waals surface area contributed by atoms with Crippen LogP contribution in [-0.4, -0.2) is 27.8 Å². The second-order valence-corrected chi connectivity index (χ2v) is 8.55. The highest BCUT2D eigenvalue weighted by Crippen LogP contribution is 2.38. The molecule has 1 amide bonds. The smallest absolute Gasteiger partial charge is 0.251 e. The number of hydrogen-bond donors (Lipinski definition) is 2. The number of anilines is 1. The van der Waals surface area contributed by atoms with Crippen molar-refractivity contribution in [3.05, 3.63) is 113 Å². The van der Waals surface area contributed by atoms with E-state index in [1.54, 1.807) is 35.0 Å². The van der Waals surface area contributed by atoms with Crippen molar-refractivity contribution in [1.29, 1.82) is 0 Å². The van der Waals surface area contributed by atoms with Crippen molar-refractivity contribution in [3.63, 3.8) is 0 Å². The van der Waals surface area contributed by atoms with E-state index >= 15 is 0 Å². The summed E-state index contributed by atoms with van der Waals surface area (Å²) in [6.07, 6.45) is 1.44. The highest BCUT2D eigenvalue weighted by molar-refractivity contribution is 5.96. The van der Waals surface area contributed by atoms with Gasteiger partial charge in [-0.25, -0.2) is 9.07 Å². The second kappa shape index (κ2) is 10.5. The molecule has 1 atom stereocenters. The summed E-state index contributed by atoms with van der Waals surface area (Å²) in [5, 5.41) is 10.6. The normalized spacial score (nSPS) is 14.5. The zero-order valence-corrected chi connectivity index (χ0v) is 20.4. The minimum absolute atomic E-state index is 0.0507. The number of nitrogens with one attached hydrogen (secondary N) is 2. The van der Waals surface area contributed by atoms with Gasteiger partial charge in [0.1, 0.15) is 24.8 Å². The van der Waals surface area contributed by atoms with Gasteiger partial charge < -0.3 is 20.1 Å². The molecule has 0 saturated carbocycles. The van der Waals surface area contributed by atoms with E-state index < -0.39 is 6.04 Å². The lowest BCUT2D eigenvalue weighted by atomic mass is 9.94. The maximum Gasteiger partial charge on any atom is 0.251 e. The lowest BCUT2D eigenvalue weighted by Crippen LogP contribution is -2.34. The molecule has 1 aliphatic heterocycles. The minimum atomic E-state index is -0.552. The Bertz CT molecular complexity index is 1450. The molecule has 188 valence electrons. The molecular weight excluding hydrogens is 473 g/mol. The Balaban J connectivity index is 1.44. The van der Waals surface area contributed by atoms with Crippen LogP contribution in [0, 0.1) is 5.82 Å². The van der Waals surface area contributed by atoms with Crippen LogP contribution in [0.2, 0.25) is 0 Å². The number of ether oxygens (including phenoxy) is 2. The van der Waals surface area contributed by atoms with Gasteiger partial charge in [0.15, 0.2) is 11.5 Å². The summed E-state index contributed by atoms with van der Waals surface area (Å²) in [5.41, 5.74) is 3.38. The van der Waals surface area contributed by atoms with Crippen LogP contribution in [0.4, 0.5) is 10.3 Å². The highest BCUT2D eigenvalue weighted by atomic mass is 19.1. The van der Waals surface area contributed by atoms with Gasteiger partial charge >= 0.3 is 0 Å². The van der Waals surface area contributed by atoms with Crippen LogP contribution in [0.1, 0.15) is 29.7 Å². The van der Waals surface area contributed by atoms with E-state index in [0.717, 1.165) is 11.1 Å². The fourth-order valence-electron chi connectivity index (χ4n) is 4.31. The lowest BCUT2D eigenvalue weighted by Gasteiger charge is -2.29. The Hall–Kier alpha value is -4.66. The molecule has 0 spiro atoms. The highest BCUT2D eigenvalue weighted by Gasteiger charge is 2.33. The summed E-state index contributed by atoms with van der Waals surface area (Å²) in [6.45, 7) is 2.28. The van der Waals surface area contributed by atoms with Crippen LogP contribution in [0.25, 0.3) is 0 Å². The molecule has 37 heavy (non-hydrogen) atoms. The molecule has 4 aromatic rings. The summed E-state index contributed by atoms with van der Waals surface area (Å²) < 4.78 is 27.2. The third-order valence-electron chi connectivity index (χ3n) is 6.18. The SMILES string of the molecule is COc1cc([C@H]2C(C(=O)NCc3ccccc3)=C(C)Nc3ncnn32)ccc1OCc1ccccc1F. The topological polar surface area (TPSA) is 90.3 Å². The number of aromatic nitrogens is 3. The Kier molecular flexibility index (Phi) is 6.85. The maximum atomic E-state index is 14.0. The molecule has 5 rings (SSSR count). The summed E-state index contributed by atoms with van der Waals surface area (Å²) >= 11 is 0. The second-order valence-electron chi connectivity index (χ2n) is 8.55. The van der Waals surface area contributed by atoms with Crippen LogP contribution >= 0.6 is 0 Å². The average Bonchev–Trinajstić information content (AvgIpc) is 3.39. The number of halogens is 1. The number of carbonyl (C=O) groups is 1. The van der Waals surface area contributed by atoms with Crippen molar-refractivity contribution in [2.45, 2.75) is 26.1 Å². The molecule has 0 bridgehead atoms. The number of rotatable bonds is 8. The predicted molar refractivity (Wildman–Crippen MR) is 136 cm³/mol. The number of fused-ring (bicyclic) bond motifs is 1. The van der Waals surface area contributed by atoms with Gasteiger partial charge in [-0.3, -0.25) is 4.79 Å². The van der Waals surface area contributed by atoms with Gasteiger partial charge in [0.05, 0.1) is 12.7 Å². The summed E-state index contributed by atoms with van der Waals surface area (Å²) in [6, 6.07) is 21.0. The van der Waals surface area contributed by atoms with Crippen LogP contribution < -0.4 is 20.1 Å². The molecule has 2 N–H and O–H groups in total. The summed E-state index contributed by atoms with van der Waals surface area (Å²) in [5.74, 6) is 0.881. The van der Waals surface area contributed by atoms with Gasteiger partial charge in [0, 0.05) is 17.8 Å². The van der Waals surface area contributed by atoms with Crippen molar-refractivity contribution in [1.82, 2.24) is 20.1 Å². The maximum absolute atomic E-state index is 14.0. The molecule has 0 radical (unpaired) electrons. The molecule has 9 heteroatoms. The number of nitrogens with zero attached hydrogens (tertiary/aromatic N) is 3. The monoisotopic (exact) mass is 499 g/mol. The van der Waals surface area contributed by atoms with Crippen LogP contribution in [0.3, 0.4) is 0 Å². The van der Waals surface area contributed by atoms with Gasteiger partial charge in [0.2, 0.25) is 5.95 Å². The molecule has 1 aliphatic rings. The Morgan fingerprint density at radius 2 is 1.86 bits per heavy atom. The first-order valence-electron chi connectivity index (χ1n) is 11.8. The zero-order valence-electron chi connectivity index (χ0n) is 20.4. The number of amides is 1. The first kappa shape index (κ1) is 24.1. The number of carbonyl (C=O) groups excluding carboxylic acids is 1. The Morgan fingerprint density at radius 1 is 1.08 bits per heavy atom. The van der Waals surface area contributed by atoms with Crippen molar-refractivity contribution in [3.8, 4) is 11.5 Å². The van der Waals surface area contributed by atoms with Crippen molar-refractivity contribution in [2.75, 3.05) is 12.4 Å². The first-order chi connectivity index (χ1) is 18.0. The molecule has 8 nitrogen and oxygen atoms in total. The molecule has 3 aromatic carbocycles. The molecule has 0 unspecified atom stereocenters. The Morgan fingerprint density at radius 3 is 2.65 bits per heavy atom. The van der Waals surface area contributed by atoms with E-state index in [9.17, 15) is 9.18 Å². The van der Waals surface area contributed by atoms with Gasteiger partial charge in [-0.1, -0.05) is 54.6 Å². The molecule has 0 fully saturated rings. The molecule has 0 aliphatic carbocycles. The molecule has 2 heterocycles.